The highest BCUT2D eigenvalue weighted by molar-refractivity contribution is 6.24. The lowest BCUT2D eigenvalue weighted by Crippen LogP contribution is -2.16. The monoisotopic (exact) mass is 805 g/mol. The van der Waals surface area contributed by atoms with Crippen molar-refractivity contribution in [2.24, 2.45) is 0 Å². The van der Waals surface area contributed by atoms with Gasteiger partial charge >= 0.3 is 0 Å². The summed E-state index contributed by atoms with van der Waals surface area (Å²) in [7, 11) is 0. The molecule has 1 aliphatic carbocycles. The van der Waals surface area contributed by atoms with Crippen molar-refractivity contribution in [2.75, 3.05) is 4.90 Å². The minimum atomic E-state index is -0.134. The van der Waals surface area contributed by atoms with Gasteiger partial charge in [0.15, 0.2) is 0 Å². The Balaban J connectivity index is 1.07. The Morgan fingerprint density at radius 1 is 0.317 bits per heavy atom. The predicted octanol–water partition coefficient (Wildman–Crippen LogP) is 17.2. The second kappa shape index (κ2) is 14.6. The van der Waals surface area contributed by atoms with E-state index in [1.54, 1.807) is 0 Å². The van der Waals surface area contributed by atoms with Crippen molar-refractivity contribution < 1.29 is 4.42 Å². The van der Waals surface area contributed by atoms with Gasteiger partial charge in [0.25, 0.3) is 0 Å². The summed E-state index contributed by atoms with van der Waals surface area (Å²) in [6, 6.07) is 81.4. The molecular formula is C61H43NO. The van der Waals surface area contributed by atoms with Crippen molar-refractivity contribution in [3.05, 3.63) is 236 Å². The smallest absolute Gasteiger partial charge is 0.143 e. The van der Waals surface area contributed by atoms with E-state index in [2.05, 4.69) is 243 Å². The van der Waals surface area contributed by atoms with Crippen LogP contribution in [0.2, 0.25) is 0 Å². The van der Waals surface area contributed by atoms with Crippen LogP contribution in [0, 0.1) is 0 Å². The van der Waals surface area contributed by atoms with Gasteiger partial charge in [0.05, 0.1) is 0 Å². The number of fused-ring (bicyclic) bond motifs is 8. The van der Waals surface area contributed by atoms with Crippen LogP contribution in [0.1, 0.15) is 25.0 Å². The maximum atomic E-state index is 7.22. The highest BCUT2D eigenvalue weighted by Gasteiger charge is 2.36. The Morgan fingerprint density at radius 3 is 1.60 bits per heavy atom. The minimum Gasteiger partial charge on any atom is -0.455 e. The number of anilines is 3. The molecule has 0 spiro atoms. The van der Waals surface area contributed by atoms with Crippen molar-refractivity contribution in [3.63, 3.8) is 0 Å². The van der Waals surface area contributed by atoms with E-state index in [-0.39, 0.29) is 5.41 Å². The van der Waals surface area contributed by atoms with Crippen LogP contribution in [0.25, 0.3) is 88.3 Å². The largest absolute Gasteiger partial charge is 0.455 e. The Morgan fingerprint density at radius 2 is 0.857 bits per heavy atom. The molecule has 12 rings (SSSR count). The van der Waals surface area contributed by atoms with E-state index < -0.39 is 0 Å². The quantitative estimate of drug-likeness (QED) is 0.160. The second-order valence-corrected chi connectivity index (χ2v) is 17.2. The first kappa shape index (κ1) is 36.9. The molecule has 11 aromatic rings. The summed E-state index contributed by atoms with van der Waals surface area (Å²) in [4.78, 5) is 2.41. The zero-order valence-electron chi connectivity index (χ0n) is 35.2. The summed E-state index contributed by atoms with van der Waals surface area (Å²) < 4.78 is 7.22. The molecular weight excluding hydrogens is 763 g/mol. The zero-order valence-corrected chi connectivity index (χ0v) is 35.2. The van der Waals surface area contributed by atoms with Gasteiger partial charge in [-0.3, -0.25) is 0 Å². The molecule has 0 fully saturated rings. The molecule has 0 unspecified atom stereocenters. The summed E-state index contributed by atoms with van der Waals surface area (Å²) in [6.45, 7) is 4.70. The lowest BCUT2D eigenvalue weighted by Gasteiger charge is -2.28. The normalized spacial score (nSPS) is 12.7. The Bertz CT molecular complexity index is 3510. The molecule has 2 nitrogen and oxygen atoms in total. The number of rotatable bonds is 7. The van der Waals surface area contributed by atoms with Gasteiger partial charge in [-0.15, -0.1) is 0 Å². The third-order valence-electron chi connectivity index (χ3n) is 13.3. The molecule has 0 radical (unpaired) electrons. The molecule has 0 saturated heterocycles. The van der Waals surface area contributed by atoms with Crippen molar-refractivity contribution in [1.29, 1.82) is 0 Å². The summed E-state index contributed by atoms with van der Waals surface area (Å²) in [5.41, 5.74) is 19.5. The molecule has 0 saturated carbocycles. The zero-order chi connectivity index (χ0) is 42.1. The maximum Gasteiger partial charge on any atom is 0.143 e. The average Bonchev–Trinajstić information content (AvgIpc) is 3.85. The van der Waals surface area contributed by atoms with Gasteiger partial charge in [-0.2, -0.15) is 0 Å². The SMILES string of the molecule is CC1(C)c2ccccc2-c2ccc(N(c3ccc(-c4ccccc4)cc3)c3cccc(-c4ccc(-c5ccccc5)c5c4oc4c6ccccc6c(-c6ccccc6)cc45)c3)cc21. The van der Waals surface area contributed by atoms with Gasteiger partial charge in [0, 0.05) is 44.2 Å². The van der Waals surface area contributed by atoms with Crippen molar-refractivity contribution in [2.45, 2.75) is 19.3 Å². The lowest BCUT2D eigenvalue weighted by atomic mass is 9.82. The first-order valence-corrected chi connectivity index (χ1v) is 21.8. The van der Waals surface area contributed by atoms with Gasteiger partial charge in [-0.1, -0.05) is 190 Å². The third kappa shape index (κ3) is 6.02. The highest BCUT2D eigenvalue weighted by Crippen LogP contribution is 2.51. The molecule has 298 valence electrons. The van der Waals surface area contributed by atoms with Crippen LogP contribution in [0.3, 0.4) is 0 Å². The average molecular weight is 806 g/mol. The van der Waals surface area contributed by atoms with E-state index >= 15 is 0 Å². The van der Waals surface area contributed by atoms with E-state index in [4.69, 9.17) is 4.42 Å². The fourth-order valence-corrected chi connectivity index (χ4v) is 10.2. The van der Waals surface area contributed by atoms with Crippen LogP contribution in [0.5, 0.6) is 0 Å². The van der Waals surface area contributed by atoms with Crippen molar-refractivity contribution >= 4 is 49.8 Å². The third-order valence-corrected chi connectivity index (χ3v) is 13.3. The number of benzene rings is 10. The summed E-state index contributed by atoms with van der Waals surface area (Å²) in [6.07, 6.45) is 0. The van der Waals surface area contributed by atoms with Crippen LogP contribution in [-0.4, -0.2) is 0 Å². The lowest BCUT2D eigenvalue weighted by molar-refractivity contribution is 0.660. The molecule has 1 aromatic heterocycles. The van der Waals surface area contributed by atoms with E-state index in [0.29, 0.717) is 0 Å². The Kier molecular flexibility index (Phi) is 8.55. The minimum absolute atomic E-state index is 0.134. The molecule has 1 heterocycles. The van der Waals surface area contributed by atoms with E-state index in [0.717, 1.165) is 66.6 Å². The Labute approximate surface area is 368 Å². The first-order chi connectivity index (χ1) is 31.0. The van der Waals surface area contributed by atoms with Gasteiger partial charge in [0.1, 0.15) is 11.2 Å². The molecule has 0 atom stereocenters. The topological polar surface area (TPSA) is 16.4 Å². The molecule has 0 N–H and O–H groups in total. The van der Waals surface area contributed by atoms with Crippen LogP contribution in [-0.2, 0) is 5.41 Å². The standard InChI is InChI=1S/C61H43NO/c1-61(2)56-28-15-14-26-51(56)52-34-33-47(38-57(52)61)62(45-31-29-41(30-32-45)40-17-6-3-7-18-40)46-24-16-23-44(37-46)49-36-35-48(42-19-8-4-9-20-42)58-55-39-54(43-21-10-5-11-22-43)50-25-12-13-27-53(50)59(55)63-60(49)58/h3-39H,1-2H3. The molecule has 63 heavy (non-hydrogen) atoms. The summed E-state index contributed by atoms with van der Waals surface area (Å²) in [5.74, 6) is 0. The maximum absolute atomic E-state index is 7.22. The number of furan rings is 1. The van der Waals surface area contributed by atoms with E-state index in [9.17, 15) is 0 Å². The highest BCUT2D eigenvalue weighted by atomic mass is 16.3. The fourth-order valence-electron chi connectivity index (χ4n) is 10.2. The second-order valence-electron chi connectivity index (χ2n) is 17.2. The van der Waals surface area contributed by atoms with Gasteiger partial charge < -0.3 is 9.32 Å². The predicted molar refractivity (Wildman–Crippen MR) is 265 cm³/mol. The van der Waals surface area contributed by atoms with E-state index in [1.807, 2.05) is 0 Å². The Hall–Kier alpha value is -7.94. The molecule has 10 aromatic carbocycles. The van der Waals surface area contributed by atoms with Crippen molar-refractivity contribution in [3.8, 4) is 55.6 Å². The van der Waals surface area contributed by atoms with Crippen LogP contribution < -0.4 is 4.90 Å². The van der Waals surface area contributed by atoms with Gasteiger partial charge in [-0.25, -0.2) is 0 Å². The van der Waals surface area contributed by atoms with Crippen molar-refractivity contribution in [1.82, 2.24) is 0 Å². The van der Waals surface area contributed by atoms with Crippen LogP contribution in [0.4, 0.5) is 17.1 Å². The molecule has 0 bridgehead atoms. The molecule has 0 aliphatic heterocycles. The molecule has 2 heteroatoms. The summed E-state index contributed by atoms with van der Waals surface area (Å²) >= 11 is 0. The number of hydrogen-bond donors (Lipinski definition) is 0. The van der Waals surface area contributed by atoms with Gasteiger partial charge in [0.2, 0.25) is 0 Å². The first-order valence-electron chi connectivity index (χ1n) is 21.8. The fraction of sp³-hybridized carbons (Fsp3) is 0.0492. The van der Waals surface area contributed by atoms with Gasteiger partial charge in [-0.05, 0) is 115 Å². The molecule has 0 amide bonds. The number of hydrogen-bond acceptors (Lipinski definition) is 2. The summed E-state index contributed by atoms with van der Waals surface area (Å²) in [5, 5.41) is 4.52. The molecule has 1 aliphatic rings. The van der Waals surface area contributed by atoms with Crippen LogP contribution >= 0.6 is 0 Å². The van der Waals surface area contributed by atoms with E-state index in [1.165, 1.54) is 49.9 Å². The number of nitrogens with zero attached hydrogens (tertiary/aromatic N) is 1. The van der Waals surface area contributed by atoms with Crippen LogP contribution in [0.15, 0.2) is 229 Å².